The molecule has 8 heteroatoms. The van der Waals surface area contributed by atoms with Crippen molar-refractivity contribution in [3.05, 3.63) is 48.7 Å². The van der Waals surface area contributed by atoms with Crippen molar-refractivity contribution in [1.82, 2.24) is 15.0 Å². The van der Waals surface area contributed by atoms with Gasteiger partial charge < -0.3 is 14.9 Å². The summed E-state index contributed by atoms with van der Waals surface area (Å²) in [6.45, 7) is 10.4. The number of Topliss-reactive ketones (excluding diaryl/α,β-unsaturated/α-hetero) is 1. The highest BCUT2D eigenvalue weighted by Gasteiger charge is 2.65. The number of aliphatic hydroxyl groups excluding tert-OH is 2. The first kappa shape index (κ1) is 27.7. The third kappa shape index (κ3) is 4.65. The summed E-state index contributed by atoms with van der Waals surface area (Å²) in [5.41, 5.74) is 1.07. The maximum atomic E-state index is 13.5. The minimum absolute atomic E-state index is 0.0285. The Morgan fingerprint density at radius 1 is 1.21 bits per heavy atom. The molecule has 210 valence electrons. The summed E-state index contributed by atoms with van der Waals surface area (Å²) >= 11 is 0. The van der Waals surface area contributed by atoms with Crippen LogP contribution in [-0.4, -0.2) is 49.7 Å². The van der Waals surface area contributed by atoms with Crippen LogP contribution >= 0.6 is 0 Å². The van der Waals surface area contributed by atoms with E-state index >= 15 is 0 Å². The fraction of sp³-hybridized carbons (Fsp3) is 0.613. The van der Waals surface area contributed by atoms with Gasteiger partial charge >= 0.3 is 5.97 Å². The average molecular weight is 536 g/mol. The van der Waals surface area contributed by atoms with Gasteiger partial charge in [0.25, 0.3) is 0 Å². The zero-order valence-electron chi connectivity index (χ0n) is 23.3. The molecule has 1 unspecified atom stereocenters. The van der Waals surface area contributed by atoms with Gasteiger partial charge in [-0.3, -0.25) is 9.59 Å². The van der Waals surface area contributed by atoms with Crippen molar-refractivity contribution >= 4 is 11.8 Å². The molecule has 0 amide bonds. The highest BCUT2D eigenvalue weighted by Crippen LogP contribution is 2.66. The van der Waals surface area contributed by atoms with Gasteiger partial charge in [-0.05, 0) is 54.9 Å². The van der Waals surface area contributed by atoms with E-state index in [1.54, 1.807) is 6.20 Å². The number of esters is 1. The van der Waals surface area contributed by atoms with Gasteiger partial charge in [0, 0.05) is 28.7 Å². The number of ether oxygens (including phenoxy) is 1. The van der Waals surface area contributed by atoms with Gasteiger partial charge in [-0.2, -0.15) is 0 Å². The normalized spacial score (nSPS) is 36.1. The summed E-state index contributed by atoms with van der Waals surface area (Å²) in [4.78, 5) is 26.5. The first-order valence-corrected chi connectivity index (χ1v) is 14.2. The highest BCUT2D eigenvalue weighted by atomic mass is 16.5. The molecule has 6 rings (SSSR count). The van der Waals surface area contributed by atoms with Gasteiger partial charge in [-0.25, -0.2) is 4.68 Å². The van der Waals surface area contributed by atoms with Crippen LogP contribution in [0.4, 0.5) is 0 Å². The van der Waals surface area contributed by atoms with Crippen LogP contribution in [0, 0.1) is 34.0 Å². The Labute approximate surface area is 230 Å². The molecule has 2 N–H and O–H groups in total. The number of fused-ring (bicyclic) bond motifs is 5. The van der Waals surface area contributed by atoms with E-state index in [0.29, 0.717) is 12.1 Å². The molecule has 2 bridgehead atoms. The summed E-state index contributed by atoms with van der Waals surface area (Å²) < 4.78 is 7.39. The van der Waals surface area contributed by atoms with Crippen LogP contribution in [0.1, 0.15) is 64.9 Å². The summed E-state index contributed by atoms with van der Waals surface area (Å²) in [6, 6.07) is 7.36. The van der Waals surface area contributed by atoms with Crippen LogP contribution in [0.3, 0.4) is 0 Å². The van der Waals surface area contributed by atoms with Crippen molar-refractivity contribution in [3.8, 4) is 11.3 Å². The first-order valence-electron chi connectivity index (χ1n) is 14.2. The van der Waals surface area contributed by atoms with Crippen LogP contribution in [0.15, 0.2) is 43.1 Å². The number of nitrogens with zero attached hydrogens (tertiary/aromatic N) is 3. The van der Waals surface area contributed by atoms with E-state index in [-0.39, 0.29) is 48.7 Å². The van der Waals surface area contributed by atoms with E-state index in [2.05, 4.69) is 37.7 Å². The zero-order valence-corrected chi connectivity index (χ0v) is 23.3. The van der Waals surface area contributed by atoms with Crippen LogP contribution in [0.2, 0.25) is 0 Å². The molecule has 8 nitrogen and oxygen atoms in total. The van der Waals surface area contributed by atoms with Gasteiger partial charge in [0.1, 0.15) is 18.0 Å². The van der Waals surface area contributed by atoms with Crippen molar-refractivity contribution < 1.29 is 24.5 Å². The first-order chi connectivity index (χ1) is 18.6. The second-order valence-electron chi connectivity index (χ2n) is 12.7. The Bertz CT molecular complexity index is 1240. The van der Waals surface area contributed by atoms with E-state index < -0.39 is 22.9 Å². The SMILES string of the molecule is C=C[C@]1(C)CC[C@@H]2CC[C@]3(CCC(=O)C3[C@]2(C)COC(=O)Cn2cc(-c3ccc(CO)cc3)nn2)[C@@H](C)[C@@H]1O. The van der Waals surface area contributed by atoms with Gasteiger partial charge in [-0.1, -0.05) is 56.3 Å². The molecule has 4 aliphatic carbocycles. The Kier molecular flexibility index (Phi) is 7.31. The number of aromatic nitrogens is 3. The largest absolute Gasteiger partial charge is 0.464 e. The van der Waals surface area contributed by atoms with Gasteiger partial charge in [0.2, 0.25) is 0 Å². The van der Waals surface area contributed by atoms with E-state index in [0.717, 1.165) is 43.2 Å². The highest BCUT2D eigenvalue weighted by molar-refractivity contribution is 5.85. The molecule has 0 saturated heterocycles. The van der Waals surface area contributed by atoms with Crippen LogP contribution in [0.25, 0.3) is 11.3 Å². The molecular formula is C31H41N3O5. The maximum absolute atomic E-state index is 13.5. The molecule has 2 aromatic rings. The quantitative estimate of drug-likeness (QED) is 0.400. The number of aliphatic hydroxyl groups is 2. The lowest BCUT2D eigenvalue weighted by Gasteiger charge is -2.55. The number of carbonyl (C=O) groups is 2. The Morgan fingerprint density at radius 2 is 1.92 bits per heavy atom. The van der Waals surface area contributed by atoms with Crippen LogP contribution in [-0.2, 0) is 27.5 Å². The van der Waals surface area contributed by atoms with Crippen molar-refractivity contribution in [2.75, 3.05) is 6.61 Å². The zero-order chi connectivity index (χ0) is 28.0. The van der Waals surface area contributed by atoms with Gasteiger partial charge in [-0.15, -0.1) is 11.7 Å². The summed E-state index contributed by atoms with van der Waals surface area (Å²) in [5, 5.41) is 29.1. The molecule has 39 heavy (non-hydrogen) atoms. The molecule has 4 fully saturated rings. The maximum Gasteiger partial charge on any atom is 0.327 e. The average Bonchev–Trinajstić information content (AvgIpc) is 3.56. The lowest BCUT2D eigenvalue weighted by atomic mass is 9.48. The van der Waals surface area contributed by atoms with E-state index in [4.69, 9.17) is 4.74 Å². The number of carbonyl (C=O) groups excluding carboxylic acids is 2. The topological polar surface area (TPSA) is 115 Å². The van der Waals surface area contributed by atoms with Crippen molar-refractivity contribution in [3.63, 3.8) is 0 Å². The lowest BCUT2D eigenvalue weighted by molar-refractivity contribution is -0.166. The summed E-state index contributed by atoms with van der Waals surface area (Å²) in [5.74, 6) is -0.267. The summed E-state index contributed by atoms with van der Waals surface area (Å²) in [6.07, 6.45) is 7.83. The molecule has 4 saturated carbocycles. The molecule has 1 aromatic carbocycles. The lowest BCUT2D eigenvalue weighted by Crippen LogP contribution is -2.56. The minimum atomic E-state index is -0.576. The van der Waals surface area contributed by atoms with Crippen molar-refractivity contribution in [2.45, 2.75) is 78.6 Å². The minimum Gasteiger partial charge on any atom is -0.464 e. The molecule has 0 aliphatic heterocycles. The standard InChI is InChI=1S/C31H41N3O5/c1-5-29(3)13-10-23-11-14-31(20(2)28(29)38)15-12-25(36)27(31)30(23,4)19-39-26(37)17-34-16-24(32-33-34)22-8-6-21(18-35)7-9-22/h5-9,16,20,23,27-28,35,38H,1,10-15,17-19H2,2-4H3/t20-,23+,27?,28-,29+,30+,31-/m0/s1. The predicted molar refractivity (Wildman–Crippen MR) is 146 cm³/mol. The van der Waals surface area contributed by atoms with Crippen LogP contribution in [0.5, 0.6) is 0 Å². The van der Waals surface area contributed by atoms with Crippen molar-refractivity contribution in [2.24, 2.45) is 34.0 Å². The van der Waals surface area contributed by atoms with E-state index in [9.17, 15) is 19.8 Å². The number of hydrogen-bond donors (Lipinski definition) is 2. The Balaban J connectivity index is 1.34. The van der Waals surface area contributed by atoms with Crippen molar-refractivity contribution in [1.29, 1.82) is 0 Å². The Morgan fingerprint density at radius 3 is 2.62 bits per heavy atom. The summed E-state index contributed by atoms with van der Waals surface area (Å²) in [7, 11) is 0. The molecule has 7 atom stereocenters. The number of rotatable bonds is 7. The predicted octanol–water partition coefficient (Wildman–Crippen LogP) is 4.35. The molecule has 4 aliphatic rings. The van der Waals surface area contributed by atoms with E-state index in [1.807, 2.05) is 30.3 Å². The van der Waals surface area contributed by atoms with Crippen LogP contribution < -0.4 is 0 Å². The third-order valence-electron chi connectivity index (χ3n) is 10.6. The monoisotopic (exact) mass is 535 g/mol. The fourth-order valence-corrected chi connectivity index (χ4v) is 8.11. The smallest absolute Gasteiger partial charge is 0.327 e. The second kappa shape index (κ2) is 10.3. The number of ketones is 1. The molecule has 1 aromatic heterocycles. The van der Waals surface area contributed by atoms with E-state index in [1.165, 1.54) is 4.68 Å². The molecule has 1 heterocycles. The van der Waals surface area contributed by atoms with Gasteiger partial charge in [0.15, 0.2) is 0 Å². The fourth-order valence-electron chi connectivity index (χ4n) is 8.11. The number of hydrogen-bond acceptors (Lipinski definition) is 7. The number of benzene rings is 1. The van der Waals surface area contributed by atoms with Gasteiger partial charge in [0.05, 0.1) is 25.5 Å². The second-order valence-corrected chi connectivity index (χ2v) is 12.7. The Hall–Kier alpha value is -2.84. The molecule has 1 spiro atoms. The molecular weight excluding hydrogens is 494 g/mol. The molecule has 0 radical (unpaired) electrons. The third-order valence-corrected chi connectivity index (χ3v) is 10.6.